The van der Waals surface area contributed by atoms with Crippen LogP contribution in [0.2, 0.25) is 5.02 Å². The van der Waals surface area contributed by atoms with Gasteiger partial charge in [0, 0.05) is 31.4 Å². The summed E-state index contributed by atoms with van der Waals surface area (Å²) in [6.45, 7) is 2.35. The predicted molar refractivity (Wildman–Crippen MR) is 93.2 cm³/mol. The van der Waals surface area contributed by atoms with Gasteiger partial charge in [-0.2, -0.15) is 0 Å². The molecule has 0 spiro atoms. The number of benzene rings is 1. The van der Waals surface area contributed by atoms with Crippen molar-refractivity contribution in [2.24, 2.45) is 0 Å². The van der Waals surface area contributed by atoms with E-state index in [1.165, 1.54) is 12.1 Å². The van der Waals surface area contributed by atoms with E-state index in [9.17, 15) is 10.1 Å². The summed E-state index contributed by atoms with van der Waals surface area (Å²) >= 11 is 6.11. The molecule has 1 heterocycles. The SMILES string of the molecule is COCCCCCNCc1ccc(-c2ccc([N+](=O)[O-])cc2Cl)o1. The molecule has 0 aliphatic heterocycles. The average Bonchev–Trinajstić information content (AvgIpc) is 3.02. The van der Waals surface area contributed by atoms with E-state index in [0.29, 0.717) is 22.9 Å². The number of non-ortho nitro benzene ring substituents is 1. The van der Waals surface area contributed by atoms with Crippen LogP contribution in [0.1, 0.15) is 25.0 Å². The second-order valence-corrected chi connectivity index (χ2v) is 5.82. The van der Waals surface area contributed by atoms with Crippen molar-refractivity contribution in [1.82, 2.24) is 5.32 Å². The monoisotopic (exact) mass is 352 g/mol. The Hall–Kier alpha value is -1.89. The van der Waals surface area contributed by atoms with E-state index >= 15 is 0 Å². The van der Waals surface area contributed by atoms with Gasteiger partial charge < -0.3 is 14.5 Å². The summed E-state index contributed by atoms with van der Waals surface area (Å²) in [6, 6.07) is 8.05. The molecule has 0 saturated heterocycles. The zero-order valence-electron chi connectivity index (χ0n) is 13.6. The number of unbranched alkanes of at least 4 members (excludes halogenated alkanes) is 2. The standard InChI is InChI=1S/C17H21ClN2O4/c1-23-10-4-2-3-9-19-12-14-6-8-17(24-14)15-7-5-13(20(21)22)11-16(15)18/h5-8,11,19H,2-4,9-10,12H2,1H3. The molecular weight excluding hydrogens is 332 g/mol. The van der Waals surface area contributed by atoms with Crippen molar-refractivity contribution in [2.75, 3.05) is 20.3 Å². The highest BCUT2D eigenvalue weighted by Crippen LogP contribution is 2.32. The van der Waals surface area contributed by atoms with Gasteiger partial charge in [-0.05, 0) is 44.0 Å². The van der Waals surface area contributed by atoms with Crippen LogP contribution in [0.4, 0.5) is 5.69 Å². The fourth-order valence-electron chi connectivity index (χ4n) is 2.32. The van der Waals surface area contributed by atoms with Gasteiger partial charge in [0.05, 0.1) is 16.5 Å². The van der Waals surface area contributed by atoms with Crippen molar-refractivity contribution in [1.29, 1.82) is 0 Å². The Kier molecular flexibility index (Phi) is 7.24. The molecule has 2 aromatic rings. The van der Waals surface area contributed by atoms with Gasteiger partial charge in [0.2, 0.25) is 0 Å². The van der Waals surface area contributed by atoms with Gasteiger partial charge in [-0.15, -0.1) is 0 Å². The van der Waals surface area contributed by atoms with Crippen LogP contribution in [-0.2, 0) is 11.3 Å². The van der Waals surface area contributed by atoms with E-state index in [4.69, 9.17) is 20.8 Å². The lowest BCUT2D eigenvalue weighted by molar-refractivity contribution is -0.384. The highest BCUT2D eigenvalue weighted by Gasteiger charge is 2.13. The van der Waals surface area contributed by atoms with Crippen LogP contribution in [-0.4, -0.2) is 25.2 Å². The molecule has 2 rings (SSSR count). The lowest BCUT2D eigenvalue weighted by Gasteiger charge is -2.03. The van der Waals surface area contributed by atoms with E-state index < -0.39 is 4.92 Å². The second-order valence-electron chi connectivity index (χ2n) is 5.42. The van der Waals surface area contributed by atoms with Crippen LogP contribution in [0.25, 0.3) is 11.3 Å². The van der Waals surface area contributed by atoms with Crippen molar-refractivity contribution in [2.45, 2.75) is 25.8 Å². The van der Waals surface area contributed by atoms with Gasteiger partial charge in [-0.3, -0.25) is 10.1 Å². The Bertz CT molecular complexity index is 672. The molecular formula is C17H21ClN2O4. The maximum absolute atomic E-state index is 10.7. The fourth-order valence-corrected chi connectivity index (χ4v) is 2.59. The molecule has 1 aromatic heterocycles. The Morgan fingerprint density at radius 2 is 2.08 bits per heavy atom. The van der Waals surface area contributed by atoms with Gasteiger partial charge in [-0.25, -0.2) is 0 Å². The molecule has 7 heteroatoms. The molecule has 0 amide bonds. The summed E-state index contributed by atoms with van der Waals surface area (Å²) in [5.41, 5.74) is 0.610. The predicted octanol–water partition coefficient (Wildman–Crippen LogP) is 4.41. The molecule has 0 fully saturated rings. The average molecular weight is 353 g/mol. The molecule has 0 aliphatic carbocycles. The Morgan fingerprint density at radius 1 is 1.25 bits per heavy atom. The first-order valence-electron chi connectivity index (χ1n) is 7.84. The number of hydrogen-bond acceptors (Lipinski definition) is 5. The zero-order chi connectivity index (χ0) is 17.4. The van der Waals surface area contributed by atoms with Gasteiger partial charge >= 0.3 is 0 Å². The summed E-state index contributed by atoms with van der Waals surface area (Å²) in [4.78, 5) is 10.3. The number of nitrogens with zero attached hydrogens (tertiary/aromatic N) is 1. The van der Waals surface area contributed by atoms with E-state index in [0.717, 1.165) is 38.2 Å². The summed E-state index contributed by atoms with van der Waals surface area (Å²) < 4.78 is 10.8. The minimum Gasteiger partial charge on any atom is -0.460 e. The van der Waals surface area contributed by atoms with E-state index in [1.54, 1.807) is 13.2 Å². The highest BCUT2D eigenvalue weighted by atomic mass is 35.5. The third-order valence-corrected chi connectivity index (χ3v) is 3.90. The molecule has 1 N–H and O–H groups in total. The first-order chi connectivity index (χ1) is 11.6. The van der Waals surface area contributed by atoms with Crippen LogP contribution >= 0.6 is 11.6 Å². The number of ether oxygens (including phenoxy) is 1. The van der Waals surface area contributed by atoms with Gasteiger partial charge in [-0.1, -0.05) is 11.6 Å². The molecule has 0 saturated carbocycles. The van der Waals surface area contributed by atoms with Crippen LogP contribution < -0.4 is 5.32 Å². The van der Waals surface area contributed by atoms with Crippen molar-refractivity contribution in [3.63, 3.8) is 0 Å². The number of nitro benzene ring substituents is 1. The van der Waals surface area contributed by atoms with Crippen LogP contribution in [0.5, 0.6) is 0 Å². The first-order valence-corrected chi connectivity index (χ1v) is 8.22. The number of nitrogens with one attached hydrogen (secondary N) is 1. The zero-order valence-corrected chi connectivity index (χ0v) is 14.3. The summed E-state index contributed by atoms with van der Waals surface area (Å²) in [5, 5.41) is 14.4. The molecule has 0 bridgehead atoms. The molecule has 0 radical (unpaired) electrons. The Balaban J connectivity index is 1.86. The van der Waals surface area contributed by atoms with Crippen molar-refractivity contribution in [3.05, 3.63) is 51.2 Å². The molecule has 24 heavy (non-hydrogen) atoms. The van der Waals surface area contributed by atoms with Crippen molar-refractivity contribution in [3.8, 4) is 11.3 Å². The number of hydrogen-bond donors (Lipinski definition) is 1. The Labute approximate surface area is 145 Å². The normalized spacial score (nSPS) is 10.9. The third-order valence-electron chi connectivity index (χ3n) is 3.59. The van der Waals surface area contributed by atoms with Crippen LogP contribution in [0.15, 0.2) is 34.7 Å². The number of nitro groups is 1. The van der Waals surface area contributed by atoms with Crippen molar-refractivity contribution >= 4 is 17.3 Å². The van der Waals surface area contributed by atoms with Crippen molar-refractivity contribution < 1.29 is 14.1 Å². The first kappa shape index (κ1) is 18.4. The highest BCUT2D eigenvalue weighted by molar-refractivity contribution is 6.33. The number of rotatable bonds is 10. The quantitative estimate of drug-likeness (QED) is 0.389. The van der Waals surface area contributed by atoms with Gasteiger partial charge in [0.15, 0.2) is 0 Å². The summed E-state index contributed by atoms with van der Waals surface area (Å²) in [6.07, 6.45) is 3.29. The molecule has 0 atom stereocenters. The summed E-state index contributed by atoms with van der Waals surface area (Å²) in [5.74, 6) is 1.41. The topological polar surface area (TPSA) is 77.5 Å². The fraction of sp³-hybridized carbons (Fsp3) is 0.412. The number of halogens is 1. The molecule has 130 valence electrons. The molecule has 0 unspecified atom stereocenters. The van der Waals surface area contributed by atoms with E-state index in [-0.39, 0.29) is 5.69 Å². The van der Waals surface area contributed by atoms with Crippen LogP contribution in [0.3, 0.4) is 0 Å². The van der Waals surface area contributed by atoms with Gasteiger partial charge in [0.1, 0.15) is 11.5 Å². The minimum absolute atomic E-state index is 0.0364. The minimum atomic E-state index is -0.472. The van der Waals surface area contributed by atoms with E-state index in [1.807, 2.05) is 12.1 Å². The molecule has 0 aliphatic rings. The lowest BCUT2D eigenvalue weighted by Crippen LogP contribution is -2.14. The smallest absolute Gasteiger partial charge is 0.270 e. The van der Waals surface area contributed by atoms with Crippen LogP contribution in [0, 0.1) is 10.1 Å². The maximum Gasteiger partial charge on any atom is 0.270 e. The second kappa shape index (κ2) is 9.42. The largest absolute Gasteiger partial charge is 0.460 e. The van der Waals surface area contributed by atoms with Gasteiger partial charge in [0.25, 0.3) is 5.69 Å². The summed E-state index contributed by atoms with van der Waals surface area (Å²) in [7, 11) is 1.71. The lowest BCUT2D eigenvalue weighted by atomic mass is 10.1. The Morgan fingerprint density at radius 3 is 2.79 bits per heavy atom. The number of furan rings is 1. The third kappa shape index (κ3) is 5.33. The molecule has 6 nitrogen and oxygen atoms in total. The molecule has 1 aromatic carbocycles. The maximum atomic E-state index is 10.7. The number of methoxy groups -OCH3 is 1. The van der Waals surface area contributed by atoms with E-state index in [2.05, 4.69) is 5.32 Å².